The number of urea groups is 1. The number of anilines is 1. The van der Waals surface area contributed by atoms with E-state index in [4.69, 9.17) is 0 Å². The van der Waals surface area contributed by atoms with Gasteiger partial charge in [-0.05, 0) is 53.1 Å². The molecular weight excluding hydrogens is 354 g/mol. The maximum Gasteiger partial charge on any atom is 0.319 e. The van der Waals surface area contributed by atoms with Crippen LogP contribution >= 0.6 is 0 Å². The molecule has 28 heavy (non-hydrogen) atoms. The summed E-state index contributed by atoms with van der Waals surface area (Å²) in [5.74, 6) is 0.474. The molecule has 2 amide bonds. The van der Waals surface area contributed by atoms with Crippen LogP contribution in [0, 0.1) is 5.92 Å². The Morgan fingerprint density at radius 3 is 2.86 bits per heavy atom. The molecule has 144 valence electrons. The summed E-state index contributed by atoms with van der Waals surface area (Å²) in [5, 5.41) is 17.0. The van der Waals surface area contributed by atoms with Gasteiger partial charge in [-0.3, -0.25) is 4.90 Å². The molecule has 1 aromatic heterocycles. The number of nitrogens with zero attached hydrogens (tertiary/aromatic N) is 5. The maximum absolute atomic E-state index is 12.3. The van der Waals surface area contributed by atoms with Crippen molar-refractivity contribution < 1.29 is 4.79 Å². The summed E-state index contributed by atoms with van der Waals surface area (Å²) >= 11 is 0. The third-order valence-electron chi connectivity index (χ3n) is 4.89. The van der Waals surface area contributed by atoms with Gasteiger partial charge in [-0.15, -0.1) is 5.10 Å². The summed E-state index contributed by atoms with van der Waals surface area (Å²) in [6.45, 7) is 3.71. The number of hydrogen-bond acceptors (Lipinski definition) is 5. The monoisotopic (exact) mass is 377 g/mol. The Hall–Kier alpha value is -3.26. The van der Waals surface area contributed by atoms with E-state index in [1.54, 1.807) is 4.68 Å². The minimum absolute atomic E-state index is 0.199. The second-order valence-corrected chi connectivity index (χ2v) is 7.02. The van der Waals surface area contributed by atoms with Crippen molar-refractivity contribution in [1.82, 2.24) is 30.4 Å². The molecule has 1 fully saturated rings. The Balaban J connectivity index is 1.23. The van der Waals surface area contributed by atoms with Crippen molar-refractivity contribution in [3.8, 4) is 5.69 Å². The Morgan fingerprint density at radius 1 is 1.14 bits per heavy atom. The molecule has 0 bridgehead atoms. The average Bonchev–Trinajstić information content (AvgIpc) is 3.40. The van der Waals surface area contributed by atoms with E-state index in [-0.39, 0.29) is 6.03 Å². The summed E-state index contributed by atoms with van der Waals surface area (Å²) in [4.78, 5) is 14.7. The number of hydrogen-bond donors (Lipinski definition) is 2. The molecule has 0 aliphatic carbocycles. The van der Waals surface area contributed by atoms with Crippen LogP contribution in [0.1, 0.15) is 12.0 Å². The van der Waals surface area contributed by atoms with Crippen molar-refractivity contribution in [2.45, 2.75) is 13.0 Å². The van der Waals surface area contributed by atoms with Gasteiger partial charge < -0.3 is 10.6 Å². The highest BCUT2D eigenvalue weighted by atomic mass is 16.2. The maximum atomic E-state index is 12.3. The SMILES string of the molecule is O=C(NC[C@@H]1CCN(Cc2ccccc2)C1)Nc1cccc(-n2cnnn2)c1. The highest BCUT2D eigenvalue weighted by Gasteiger charge is 2.22. The largest absolute Gasteiger partial charge is 0.338 e. The zero-order chi connectivity index (χ0) is 19.2. The molecule has 2 heterocycles. The van der Waals surface area contributed by atoms with Crippen LogP contribution in [0.3, 0.4) is 0 Å². The molecule has 1 aliphatic rings. The van der Waals surface area contributed by atoms with Crippen LogP contribution in [0.25, 0.3) is 5.69 Å². The van der Waals surface area contributed by atoms with Crippen LogP contribution in [0.5, 0.6) is 0 Å². The summed E-state index contributed by atoms with van der Waals surface area (Å²) in [5.41, 5.74) is 2.81. The lowest BCUT2D eigenvalue weighted by molar-refractivity contribution is 0.249. The van der Waals surface area contributed by atoms with E-state index >= 15 is 0 Å². The van der Waals surface area contributed by atoms with Crippen LogP contribution in [0.2, 0.25) is 0 Å². The Labute approximate surface area is 163 Å². The number of carbonyl (C=O) groups is 1. The normalized spacial score (nSPS) is 16.8. The minimum atomic E-state index is -0.199. The predicted octanol–water partition coefficient (Wildman–Crippen LogP) is 2.31. The van der Waals surface area contributed by atoms with Crippen molar-refractivity contribution in [3.63, 3.8) is 0 Å². The second kappa shape index (κ2) is 8.62. The summed E-state index contributed by atoms with van der Waals surface area (Å²) in [6, 6.07) is 17.7. The fraction of sp³-hybridized carbons (Fsp3) is 0.300. The molecule has 4 rings (SSSR count). The first-order valence-electron chi connectivity index (χ1n) is 9.41. The highest BCUT2D eigenvalue weighted by Crippen LogP contribution is 2.18. The molecule has 0 radical (unpaired) electrons. The number of rotatable bonds is 6. The number of carbonyl (C=O) groups excluding carboxylic acids is 1. The number of likely N-dealkylation sites (tertiary alicyclic amines) is 1. The van der Waals surface area contributed by atoms with Crippen molar-refractivity contribution in [2.75, 3.05) is 25.0 Å². The van der Waals surface area contributed by atoms with Gasteiger partial charge in [0.2, 0.25) is 0 Å². The average molecular weight is 377 g/mol. The quantitative estimate of drug-likeness (QED) is 0.688. The van der Waals surface area contributed by atoms with E-state index in [0.29, 0.717) is 18.2 Å². The van der Waals surface area contributed by atoms with Crippen LogP contribution in [0.4, 0.5) is 10.5 Å². The Bertz CT molecular complexity index is 898. The number of aromatic nitrogens is 4. The van der Waals surface area contributed by atoms with E-state index in [1.165, 1.54) is 11.9 Å². The third-order valence-corrected chi connectivity index (χ3v) is 4.89. The summed E-state index contributed by atoms with van der Waals surface area (Å²) in [7, 11) is 0. The predicted molar refractivity (Wildman–Crippen MR) is 106 cm³/mol. The lowest BCUT2D eigenvalue weighted by Gasteiger charge is -2.16. The van der Waals surface area contributed by atoms with Crippen LogP contribution in [0.15, 0.2) is 60.9 Å². The molecule has 2 N–H and O–H groups in total. The molecule has 8 heteroatoms. The van der Waals surface area contributed by atoms with E-state index in [9.17, 15) is 4.79 Å². The van der Waals surface area contributed by atoms with E-state index in [2.05, 4.69) is 55.3 Å². The van der Waals surface area contributed by atoms with Gasteiger partial charge in [0, 0.05) is 25.3 Å². The van der Waals surface area contributed by atoms with Gasteiger partial charge in [0.25, 0.3) is 0 Å². The van der Waals surface area contributed by atoms with Gasteiger partial charge in [0.05, 0.1) is 5.69 Å². The van der Waals surface area contributed by atoms with Crippen molar-refractivity contribution in [2.24, 2.45) is 5.92 Å². The van der Waals surface area contributed by atoms with Gasteiger partial charge in [0.15, 0.2) is 0 Å². The van der Waals surface area contributed by atoms with Crippen molar-refractivity contribution in [3.05, 3.63) is 66.5 Å². The van der Waals surface area contributed by atoms with E-state index in [0.717, 1.165) is 31.7 Å². The van der Waals surface area contributed by atoms with Crippen molar-refractivity contribution >= 4 is 11.7 Å². The zero-order valence-electron chi connectivity index (χ0n) is 15.5. The third kappa shape index (κ3) is 4.72. The standard InChI is InChI=1S/C20H23N7O/c28-20(23-18-7-4-8-19(11-18)27-15-22-24-25-27)21-12-17-9-10-26(14-17)13-16-5-2-1-3-6-16/h1-8,11,15,17H,9-10,12-14H2,(H2,21,23,28)/t17-/m0/s1. The number of tetrazole rings is 1. The topological polar surface area (TPSA) is 88.0 Å². The lowest BCUT2D eigenvalue weighted by atomic mass is 10.1. The first-order chi connectivity index (χ1) is 13.8. The second-order valence-electron chi connectivity index (χ2n) is 7.02. The molecular formula is C20H23N7O. The molecule has 1 aliphatic heterocycles. The molecule has 0 spiro atoms. The number of nitrogens with one attached hydrogen (secondary N) is 2. The molecule has 1 atom stereocenters. The molecule has 1 saturated heterocycles. The van der Waals surface area contributed by atoms with Crippen LogP contribution < -0.4 is 10.6 Å². The van der Waals surface area contributed by atoms with Gasteiger partial charge >= 0.3 is 6.03 Å². The Morgan fingerprint density at radius 2 is 2.04 bits per heavy atom. The van der Waals surface area contributed by atoms with Gasteiger partial charge in [0.1, 0.15) is 6.33 Å². The first kappa shape index (κ1) is 18.1. The molecule has 0 unspecified atom stereocenters. The van der Waals surface area contributed by atoms with E-state index in [1.807, 2.05) is 30.3 Å². The molecule has 2 aromatic carbocycles. The van der Waals surface area contributed by atoms with Crippen molar-refractivity contribution in [1.29, 1.82) is 0 Å². The first-order valence-corrected chi connectivity index (χ1v) is 9.41. The summed E-state index contributed by atoms with van der Waals surface area (Å²) in [6.07, 6.45) is 2.61. The van der Waals surface area contributed by atoms with Crippen LogP contribution in [-0.4, -0.2) is 50.8 Å². The summed E-state index contributed by atoms with van der Waals surface area (Å²) < 4.78 is 1.54. The minimum Gasteiger partial charge on any atom is -0.338 e. The Kier molecular flexibility index (Phi) is 5.58. The molecule has 8 nitrogen and oxygen atoms in total. The number of amides is 2. The zero-order valence-corrected chi connectivity index (χ0v) is 15.5. The van der Waals surface area contributed by atoms with Gasteiger partial charge in [-0.25, -0.2) is 9.48 Å². The van der Waals surface area contributed by atoms with Gasteiger partial charge in [-0.1, -0.05) is 36.4 Å². The van der Waals surface area contributed by atoms with Gasteiger partial charge in [-0.2, -0.15) is 0 Å². The highest BCUT2D eigenvalue weighted by molar-refractivity contribution is 5.89. The molecule has 0 saturated carbocycles. The number of benzene rings is 2. The van der Waals surface area contributed by atoms with E-state index < -0.39 is 0 Å². The fourth-order valence-corrected chi connectivity index (χ4v) is 3.48. The smallest absolute Gasteiger partial charge is 0.319 e. The molecule has 3 aromatic rings. The fourth-order valence-electron chi connectivity index (χ4n) is 3.48. The van der Waals surface area contributed by atoms with Crippen LogP contribution in [-0.2, 0) is 6.54 Å². The lowest BCUT2D eigenvalue weighted by Crippen LogP contribution is -2.34.